The topological polar surface area (TPSA) is 67.2 Å². The van der Waals surface area contributed by atoms with E-state index in [2.05, 4.69) is 10.4 Å². The summed E-state index contributed by atoms with van der Waals surface area (Å²) in [6.07, 6.45) is 0. The Labute approximate surface area is 75.4 Å². The fourth-order valence-corrected chi connectivity index (χ4v) is 1.55. The molecule has 2 N–H and O–H groups in total. The molecule has 0 saturated heterocycles. The molecule has 0 aromatic carbocycles. The minimum atomic E-state index is -0.964. The average molecular weight is 181 g/mol. The molecule has 70 valence electrons. The summed E-state index contributed by atoms with van der Waals surface area (Å²) < 4.78 is 1.75. The molecule has 13 heavy (non-hydrogen) atoms. The van der Waals surface area contributed by atoms with E-state index in [1.165, 1.54) is 0 Å². The predicted molar refractivity (Wildman–Crippen MR) is 45.6 cm³/mol. The SMILES string of the molecule is CC1NCCn2nc(C(=O)O)cc21. The van der Waals surface area contributed by atoms with Crippen molar-refractivity contribution in [3.8, 4) is 0 Å². The number of carboxylic acids is 1. The fourth-order valence-electron chi connectivity index (χ4n) is 1.55. The second-order valence-electron chi connectivity index (χ2n) is 3.16. The highest BCUT2D eigenvalue weighted by Crippen LogP contribution is 2.17. The predicted octanol–water partition coefficient (Wildman–Crippen LogP) is 0.245. The summed E-state index contributed by atoms with van der Waals surface area (Å²) in [6.45, 7) is 3.58. The summed E-state index contributed by atoms with van der Waals surface area (Å²) >= 11 is 0. The fraction of sp³-hybridized carbons (Fsp3) is 0.500. The first-order chi connectivity index (χ1) is 6.18. The van der Waals surface area contributed by atoms with Crippen molar-refractivity contribution in [3.63, 3.8) is 0 Å². The number of nitrogens with zero attached hydrogens (tertiary/aromatic N) is 2. The third-order valence-electron chi connectivity index (χ3n) is 2.25. The second kappa shape index (κ2) is 2.85. The average Bonchev–Trinajstić information content (AvgIpc) is 2.49. The van der Waals surface area contributed by atoms with Crippen LogP contribution in [0.4, 0.5) is 0 Å². The van der Waals surface area contributed by atoms with Crippen LogP contribution in [0.25, 0.3) is 0 Å². The van der Waals surface area contributed by atoms with E-state index in [9.17, 15) is 4.79 Å². The maximum atomic E-state index is 10.6. The van der Waals surface area contributed by atoms with E-state index in [1.807, 2.05) is 6.92 Å². The van der Waals surface area contributed by atoms with Gasteiger partial charge in [-0.1, -0.05) is 0 Å². The molecule has 1 aliphatic rings. The maximum Gasteiger partial charge on any atom is 0.356 e. The summed E-state index contributed by atoms with van der Waals surface area (Å²) in [6, 6.07) is 1.81. The van der Waals surface area contributed by atoms with E-state index >= 15 is 0 Å². The van der Waals surface area contributed by atoms with Crippen LogP contribution in [-0.4, -0.2) is 27.4 Å². The molecule has 2 heterocycles. The molecular formula is C8H11N3O2. The zero-order valence-electron chi connectivity index (χ0n) is 7.32. The van der Waals surface area contributed by atoms with Crippen LogP contribution < -0.4 is 5.32 Å². The van der Waals surface area contributed by atoms with Crippen LogP contribution in [0.5, 0.6) is 0 Å². The lowest BCUT2D eigenvalue weighted by atomic mass is 10.2. The minimum Gasteiger partial charge on any atom is -0.476 e. The second-order valence-corrected chi connectivity index (χ2v) is 3.16. The number of fused-ring (bicyclic) bond motifs is 1. The van der Waals surface area contributed by atoms with Gasteiger partial charge in [-0.25, -0.2) is 4.79 Å². The molecule has 1 aromatic heterocycles. The normalized spacial score (nSPS) is 21.2. The van der Waals surface area contributed by atoms with E-state index in [-0.39, 0.29) is 11.7 Å². The quantitative estimate of drug-likeness (QED) is 0.651. The number of aromatic nitrogens is 2. The Morgan fingerprint density at radius 1 is 1.85 bits per heavy atom. The zero-order chi connectivity index (χ0) is 9.42. The van der Waals surface area contributed by atoms with Gasteiger partial charge in [0.25, 0.3) is 0 Å². The molecule has 0 spiro atoms. The van der Waals surface area contributed by atoms with Gasteiger partial charge in [0, 0.05) is 12.6 Å². The van der Waals surface area contributed by atoms with Crippen molar-refractivity contribution in [2.75, 3.05) is 6.54 Å². The van der Waals surface area contributed by atoms with Crippen LogP contribution in [0.1, 0.15) is 29.1 Å². The van der Waals surface area contributed by atoms with Gasteiger partial charge in [-0.2, -0.15) is 5.10 Å². The van der Waals surface area contributed by atoms with Gasteiger partial charge in [-0.15, -0.1) is 0 Å². The summed E-state index contributed by atoms with van der Waals surface area (Å²) in [5.74, 6) is -0.964. The first-order valence-corrected chi connectivity index (χ1v) is 4.23. The van der Waals surface area contributed by atoms with E-state index < -0.39 is 5.97 Å². The Kier molecular flexibility index (Phi) is 1.81. The molecule has 5 nitrogen and oxygen atoms in total. The molecule has 0 fully saturated rings. The molecule has 5 heteroatoms. The summed E-state index contributed by atoms with van der Waals surface area (Å²) in [4.78, 5) is 10.6. The lowest BCUT2D eigenvalue weighted by Gasteiger charge is -2.21. The van der Waals surface area contributed by atoms with Crippen molar-refractivity contribution in [2.24, 2.45) is 0 Å². The molecule has 0 radical (unpaired) electrons. The monoisotopic (exact) mass is 181 g/mol. The van der Waals surface area contributed by atoms with Crippen LogP contribution >= 0.6 is 0 Å². The van der Waals surface area contributed by atoms with Gasteiger partial charge in [-0.3, -0.25) is 4.68 Å². The summed E-state index contributed by atoms with van der Waals surface area (Å²) in [5.41, 5.74) is 1.08. The standard InChI is InChI=1S/C8H11N3O2/c1-5-7-4-6(8(12)13)10-11(7)3-2-9-5/h4-5,9H,2-3H2,1H3,(H,12,13). The molecule has 1 unspecified atom stereocenters. The van der Waals surface area contributed by atoms with Crippen molar-refractivity contribution < 1.29 is 9.90 Å². The van der Waals surface area contributed by atoms with E-state index in [4.69, 9.17) is 5.11 Å². The third-order valence-corrected chi connectivity index (χ3v) is 2.25. The van der Waals surface area contributed by atoms with Crippen molar-refractivity contribution >= 4 is 5.97 Å². The Morgan fingerprint density at radius 2 is 2.62 bits per heavy atom. The number of aromatic carboxylic acids is 1. The Bertz CT molecular complexity index is 345. The highest BCUT2D eigenvalue weighted by atomic mass is 16.4. The van der Waals surface area contributed by atoms with Gasteiger partial charge < -0.3 is 10.4 Å². The minimum absolute atomic E-state index is 0.130. The third kappa shape index (κ3) is 1.31. The number of carboxylic acid groups (broad SMARTS) is 1. The number of nitrogens with one attached hydrogen (secondary N) is 1. The first kappa shape index (κ1) is 8.25. The molecule has 0 saturated carbocycles. The lowest BCUT2D eigenvalue weighted by Crippen LogP contribution is -2.31. The molecule has 1 aliphatic heterocycles. The number of rotatable bonds is 1. The van der Waals surface area contributed by atoms with E-state index in [1.54, 1.807) is 10.7 Å². The molecular weight excluding hydrogens is 170 g/mol. The Morgan fingerprint density at radius 3 is 3.23 bits per heavy atom. The van der Waals surface area contributed by atoms with Crippen LogP contribution in [0.15, 0.2) is 6.07 Å². The Hall–Kier alpha value is -1.36. The van der Waals surface area contributed by atoms with Gasteiger partial charge >= 0.3 is 5.97 Å². The van der Waals surface area contributed by atoms with E-state index in [0.29, 0.717) is 0 Å². The van der Waals surface area contributed by atoms with E-state index in [0.717, 1.165) is 18.8 Å². The number of hydrogen-bond donors (Lipinski definition) is 2. The summed E-state index contributed by atoms with van der Waals surface area (Å²) in [7, 11) is 0. The van der Waals surface area contributed by atoms with Gasteiger partial charge in [0.15, 0.2) is 5.69 Å². The van der Waals surface area contributed by atoms with Crippen LogP contribution in [0.2, 0.25) is 0 Å². The smallest absolute Gasteiger partial charge is 0.356 e. The largest absolute Gasteiger partial charge is 0.476 e. The van der Waals surface area contributed by atoms with Gasteiger partial charge in [0.05, 0.1) is 12.2 Å². The molecule has 1 atom stereocenters. The molecule has 0 aliphatic carbocycles. The maximum absolute atomic E-state index is 10.6. The number of carbonyl (C=O) groups is 1. The van der Waals surface area contributed by atoms with Gasteiger partial charge in [0.1, 0.15) is 0 Å². The van der Waals surface area contributed by atoms with Gasteiger partial charge in [0.2, 0.25) is 0 Å². The van der Waals surface area contributed by atoms with Crippen molar-refractivity contribution in [1.29, 1.82) is 0 Å². The van der Waals surface area contributed by atoms with Crippen molar-refractivity contribution in [2.45, 2.75) is 19.5 Å². The van der Waals surface area contributed by atoms with Crippen LogP contribution in [0.3, 0.4) is 0 Å². The lowest BCUT2D eigenvalue weighted by molar-refractivity contribution is 0.0689. The van der Waals surface area contributed by atoms with Crippen LogP contribution in [-0.2, 0) is 6.54 Å². The molecule has 0 bridgehead atoms. The molecule has 1 aromatic rings. The first-order valence-electron chi connectivity index (χ1n) is 4.23. The van der Waals surface area contributed by atoms with Crippen molar-refractivity contribution in [1.82, 2.24) is 15.1 Å². The van der Waals surface area contributed by atoms with Crippen LogP contribution in [0, 0.1) is 0 Å². The Balaban J connectivity index is 2.42. The number of hydrogen-bond acceptors (Lipinski definition) is 3. The molecule has 2 rings (SSSR count). The zero-order valence-corrected chi connectivity index (χ0v) is 7.32. The van der Waals surface area contributed by atoms with Crippen molar-refractivity contribution in [3.05, 3.63) is 17.5 Å². The van der Waals surface area contributed by atoms with Gasteiger partial charge in [-0.05, 0) is 13.0 Å². The highest BCUT2D eigenvalue weighted by molar-refractivity contribution is 5.85. The highest BCUT2D eigenvalue weighted by Gasteiger charge is 2.20. The molecule has 0 amide bonds. The summed E-state index contributed by atoms with van der Waals surface area (Å²) in [5, 5.41) is 15.9.